The van der Waals surface area contributed by atoms with Gasteiger partial charge in [-0.05, 0) is 36.1 Å². The van der Waals surface area contributed by atoms with Crippen LogP contribution in [0.3, 0.4) is 0 Å². The third-order valence-corrected chi connectivity index (χ3v) is 3.17. The van der Waals surface area contributed by atoms with Gasteiger partial charge < -0.3 is 5.73 Å². The van der Waals surface area contributed by atoms with E-state index in [9.17, 15) is 13.2 Å². The standard InChI is InChI=1S/C12H15BrF3N.ClH/c1-7(2)5-11(17)9-6-8(12(14,15)16)3-4-10(9)13;/h3-4,6-7,11H,5,17H2,1-2H3;1H/t11-;/m0./s1. The van der Waals surface area contributed by atoms with E-state index in [4.69, 9.17) is 5.73 Å². The molecule has 1 aromatic carbocycles. The molecule has 1 nitrogen and oxygen atoms in total. The molecule has 0 aliphatic carbocycles. The topological polar surface area (TPSA) is 26.0 Å². The molecule has 0 aliphatic heterocycles. The van der Waals surface area contributed by atoms with Gasteiger partial charge in [0.05, 0.1) is 5.56 Å². The van der Waals surface area contributed by atoms with Crippen molar-refractivity contribution in [2.75, 3.05) is 0 Å². The van der Waals surface area contributed by atoms with Crippen molar-refractivity contribution in [2.45, 2.75) is 32.5 Å². The first kappa shape index (κ1) is 17.7. The van der Waals surface area contributed by atoms with Gasteiger partial charge in [-0.25, -0.2) is 0 Å². The lowest BCUT2D eigenvalue weighted by Gasteiger charge is -2.18. The normalized spacial score (nSPS) is 13.3. The Morgan fingerprint density at radius 1 is 1.28 bits per heavy atom. The van der Waals surface area contributed by atoms with Gasteiger partial charge in [0.15, 0.2) is 0 Å². The largest absolute Gasteiger partial charge is 0.416 e. The fourth-order valence-corrected chi connectivity index (χ4v) is 2.18. The van der Waals surface area contributed by atoms with Crippen LogP contribution in [-0.2, 0) is 6.18 Å². The van der Waals surface area contributed by atoms with Gasteiger partial charge in [0.2, 0.25) is 0 Å². The van der Waals surface area contributed by atoms with E-state index in [0.717, 1.165) is 12.1 Å². The third-order valence-electron chi connectivity index (χ3n) is 2.45. The van der Waals surface area contributed by atoms with Gasteiger partial charge in [-0.1, -0.05) is 29.8 Å². The Kier molecular flexibility index (Phi) is 6.68. The maximum Gasteiger partial charge on any atom is 0.416 e. The molecule has 1 rings (SSSR count). The summed E-state index contributed by atoms with van der Waals surface area (Å²) in [5.41, 5.74) is 5.76. The summed E-state index contributed by atoms with van der Waals surface area (Å²) < 4.78 is 38.3. The zero-order valence-electron chi connectivity index (χ0n) is 10.1. The first-order valence-electron chi connectivity index (χ1n) is 5.34. The number of alkyl halides is 3. The van der Waals surface area contributed by atoms with Crippen molar-refractivity contribution in [3.05, 3.63) is 33.8 Å². The van der Waals surface area contributed by atoms with Gasteiger partial charge in [0, 0.05) is 10.5 Å². The molecule has 6 heteroatoms. The lowest BCUT2D eigenvalue weighted by atomic mass is 9.96. The summed E-state index contributed by atoms with van der Waals surface area (Å²) in [7, 11) is 0. The zero-order valence-corrected chi connectivity index (χ0v) is 12.5. The molecule has 0 aliphatic rings. The number of rotatable bonds is 3. The van der Waals surface area contributed by atoms with E-state index >= 15 is 0 Å². The van der Waals surface area contributed by atoms with E-state index in [0.29, 0.717) is 22.4 Å². The Morgan fingerprint density at radius 2 is 1.83 bits per heavy atom. The van der Waals surface area contributed by atoms with Gasteiger partial charge in [-0.2, -0.15) is 13.2 Å². The van der Waals surface area contributed by atoms with Crippen LogP contribution in [0.2, 0.25) is 0 Å². The molecule has 0 aromatic heterocycles. The van der Waals surface area contributed by atoms with Crippen LogP contribution in [0.1, 0.15) is 37.4 Å². The Labute approximate surface area is 119 Å². The van der Waals surface area contributed by atoms with Crippen LogP contribution in [0.15, 0.2) is 22.7 Å². The highest BCUT2D eigenvalue weighted by atomic mass is 79.9. The molecule has 2 N–H and O–H groups in total. The Balaban J connectivity index is 0.00000289. The molecule has 0 bridgehead atoms. The average molecular weight is 347 g/mol. The van der Waals surface area contributed by atoms with Crippen molar-refractivity contribution >= 4 is 28.3 Å². The van der Waals surface area contributed by atoms with Crippen molar-refractivity contribution < 1.29 is 13.2 Å². The van der Waals surface area contributed by atoms with E-state index in [1.165, 1.54) is 6.07 Å². The van der Waals surface area contributed by atoms with Gasteiger partial charge in [0.1, 0.15) is 0 Å². The van der Waals surface area contributed by atoms with E-state index < -0.39 is 11.7 Å². The molecule has 0 saturated heterocycles. The fraction of sp³-hybridized carbons (Fsp3) is 0.500. The predicted octanol–water partition coefficient (Wildman–Crippen LogP) is 4.94. The summed E-state index contributed by atoms with van der Waals surface area (Å²) in [4.78, 5) is 0. The molecule has 0 radical (unpaired) electrons. The number of halogens is 5. The molecular weight excluding hydrogens is 330 g/mol. The van der Waals surface area contributed by atoms with Gasteiger partial charge in [-0.3, -0.25) is 0 Å². The second kappa shape index (κ2) is 6.78. The van der Waals surface area contributed by atoms with Crippen LogP contribution in [0, 0.1) is 5.92 Å². The maximum atomic E-state index is 12.6. The summed E-state index contributed by atoms with van der Waals surface area (Å²) in [5.74, 6) is 0.339. The summed E-state index contributed by atoms with van der Waals surface area (Å²) >= 11 is 3.24. The SMILES string of the molecule is CC(C)C[C@H](N)c1cc(C(F)(F)F)ccc1Br.Cl. The molecular formula is C12H16BrClF3N. The monoisotopic (exact) mass is 345 g/mol. The molecule has 0 heterocycles. The minimum atomic E-state index is -4.33. The molecule has 104 valence electrons. The van der Waals surface area contributed by atoms with Crippen LogP contribution in [0.4, 0.5) is 13.2 Å². The first-order chi connectivity index (χ1) is 7.71. The number of hydrogen-bond acceptors (Lipinski definition) is 1. The summed E-state index contributed by atoms with van der Waals surface area (Å²) in [6, 6.07) is 3.19. The van der Waals surface area contributed by atoms with Crippen LogP contribution >= 0.6 is 28.3 Å². The van der Waals surface area contributed by atoms with Crippen molar-refractivity contribution in [2.24, 2.45) is 11.7 Å². The molecule has 1 aromatic rings. The van der Waals surface area contributed by atoms with Crippen molar-refractivity contribution in [3.8, 4) is 0 Å². The fourth-order valence-electron chi connectivity index (χ4n) is 1.64. The number of nitrogens with two attached hydrogens (primary N) is 1. The van der Waals surface area contributed by atoms with Crippen LogP contribution in [0.25, 0.3) is 0 Å². The van der Waals surface area contributed by atoms with Crippen molar-refractivity contribution in [1.82, 2.24) is 0 Å². The summed E-state index contributed by atoms with van der Waals surface area (Å²) in [5, 5.41) is 0. The van der Waals surface area contributed by atoms with Crippen LogP contribution in [-0.4, -0.2) is 0 Å². The van der Waals surface area contributed by atoms with E-state index in [1.807, 2.05) is 13.8 Å². The molecule has 0 amide bonds. The Hall–Kier alpha value is -0.260. The summed E-state index contributed by atoms with van der Waals surface area (Å²) in [6.45, 7) is 3.97. The van der Waals surface area contributed by atoms with Gasteiger partial charge in [0.25, 0.3) is 0 Å². The third kappa shape index (κ3) is 4.78. The average Bonchev–Trinajstić information content (AvgIpc) is 2.15. The van der Waals surface area contributed by atoms with Crippen molar-refractivity contribution in [1.29, 1.82) is 0 Å². The lowest BCUT2D eigenvalue weighted by molar-refractivity contribution is -0.137. The number of benzene rings is 1. The molecule has 0 fully saturated rings. The highest BCUT2D eigenvalue weighted by Crippen LogP contribution is 2.34. The van der Waals surface area contributed by atoms with Gasteiger partial charge >= 0.3 is 6.18 Å². The van der Waals surface area contributed by atoms with Crippen molar-refractivity contribution in [3.63, 3.8) is 0 Å². The smallest absolute Gasteiger partial charge is 0.324 e. The van der Waals surface area contributed by atoms with E-state index in [2.05, 4.69) is 15.9 Å². The second-order valence-electron chi connectivity index (χ2n) is 4.47. The Bertz CT molecular complexity index is 393. The molecule has 0 saturated carbocycles. The predicted molar refractivity (Wildman–Crippen MR) is 72.8 cm³/mol. The Morgan fingerprint density at radius 3 is 2.28 bits per heavy atom. The minimum absolute atomic E-state index is 0. The summed E-state index contributed by atoms with van der Waals surface area (Å²) in [6.07, 6.45) is -3.67. The van der Waals surface area contributed by atoms with Crippen LogP contribution < -0.4 is 5.73 Å². The highest BCUT2D eigenvalue weighted by Gasteiger charge is 2.31. The zero-order chi connectivity index (χ0) is 13.2. The molecule has 1 atom stereocenters. The maximum absolute atomic E-state index is 12.6. The van der Waals surface area contributed by atoms with Crippen LogP contribution in [0.5, 0.6) is 0 Å². The highest BCUT2D eigenvalue weighted by molar-refractivity contribution is 9.10. The quantitative estimate of drug-likeness (QED) is 0.824. The number of hydrogen-bond donors (Lipinski definition) is 1. The van der Waals surface area contributed by atoms with E-state index in [-0.39, 0.29) is 18.4 Å². The van der Waals surface area contributed by atoms with E-state index in [1.54, 1.807) is 0 Å². The molecule has 0 unspecified atom stereocenters. The second-order valence-corrected chi connectivity index (χ2v) is 5.32. The minimum Gasteiger partial charge on any atom is -0.324 e. The molecule has 0 spiro atoms. The van der Waals surface area contributed by atoms with Gasteiger partial charge in [-0.15, -0.1) is 12.4 Å². The molecule has 18 heavy (non-hydrogen) atoms. The lowest BCUT2D eigenvalue weighted by Crippen LogP contribution is -2.15. The first-order valence-corrected chi connectivity index (χ1v) is 6.13.